The van der Waals surface area contributed by atoms with Gasteiger partial charge in [0.25, 0.3) is 0 Å². The average molecular weight is 312 g/mol. The molecule has 124 valence electrons. The number of furan rings is 1. The monoisotopic (exact) mass is 312 g/mol. The third-order valence-corrected chi connectivity index (χ3v) is 4.30. The lowest BCUT2D eigenvalue weighted by molar-refractivity contribution is 0.110. The van der Waals surface area contributed by atoms with E-state index in [4.69, 9.17) is 4.42 Å². The van der Waals surface area contributed by atoms with Crippen LogP contribution in [0, 0.1) is 0 Å². The molecule has 1 aromatic carbocycles. The molecular weight excluding hydrogens is 284 g/mol. The van der Waals surface area contributed by atoms with E-state index >= 15 is 0 Å². The quantitative estimate of drug-likeness (QED) is 0.353. The van der Waals surface area contributed by atoms with E-state index in [1.165, 1.54) is 56.9 Å². The highest BCUT2D eigenvalue weighted by molar-refractivity contribution is 5.72. The zero-order chi connectivity index (χ0) is 16.3. The molecule has 0 atom stereocenters. The Morgan fingerprint density at radius 2 is 1.48 bits per heavy atom. The number of rotatable bonds is 11. The molecule has 0 amide bonds. The Kier molecular flexibility index (Phi) is 7.65. The number of benzene rings is 1. The molecule has 0 unspecified atom stereocenters. The summed E-state index contributed by atoms with van der Waals surface area (Å²) < 4.78 is 5.44. The van der Waals surface area contributed by atoms with Gasteiger partial charge in [-0.3, -0.25) is 4.79 Å². The lowest BCUT2D eigenvalue weighted by Crippen LogP contribution is -1.87. The number of unbranched alkanes of at least 4 members (excludes halogenated alkanes) is 7. The molecule has 23 heavy (non-hydrogen) atoms. The van der Waals surface area contributed by atoms with Gasteiger partial charge in [0.2, 0.25) is 0 Å². The molecule has 2 rings (SSSR count). The minimum absolute atomic E-state index is 0.378. The smallest absolute Gasteiger partial charge is 0.185 e. The average Bonchev–Trinajstić information content (AvgIpc) is 3.07. The van der Waals surface area contributed by atoms with E-state index in [0.29, 0.717) is 5.76 Å². The fraction of sp³-hybridized carbons (Fsp3) is 0.476. The molecule has 0 radical (unpaired) electrons. The highest BCUT2D eigenvalue weighted by Gasteiger charge is 2.04. The first-order chi connectivity index (χ1) is 11.3. The standard InChI is InChI=1S/C21H28O2/c1-2-3-4-5-6-7-8-9-10-18-11-13-19(14-12-18)21-16-15-20(17-22)23-21/h11-17H,2-10H2,1H3. The van der Waals surface area contributed by atoms with Gasteiger partial charge in [-0.05, 0) is 30.5 Å². The van der Waals surface area contributed by atoms with Gasteiger partial charge < -0.3 is 4.42 Å². The van der Waals surface area contributed by atoms with E-state index in [-0.39, 0.29) is 0 Å². The number of carbonyl (C=O) groups is 1. The van der Waals surface area contributed by atoms with E-state index in [9.17, 15) is 4.79 Å². The first-order valence-electron chi connectivity index (χ1n) is 8.98. The van der Waals surface area contributed by atoms with Crippen LogP contribution in [0.3, 0.4) is 0 Å². The normalized spacial score (nSPS) is 10.8. The molecule has 2 nitrogen and oxygen atoms in total. The molecule has 0 N–H and O–H groups in total. The van der Waals surface area contributed by atoms with Gasteiger partial charge >= 0.3 is 0 Å². The maximum absolute atomic E-state index is 10.7. The van der Waals surface area contributed by atoms with Crippen molar-refractivity contribution in [1.29, 1.82) is 0 Å². The molecule has 0 saturated carbocycles. The Labute approximate surface area is 139 Å². The molecule has 0 bridgehead atoms. The van der Waals surface area contributed by atoms with Crippen molar-refractivity contribution in [2.24, 2.45) is 0 Å². The highest BCUT2D eigenvalue weighted by Crippen LogP contribution is 2.22. The van der Waals surface area contributed by atoms with Crippen molar-refractivity contribution in [1.82, 2.24) is 0 Å². The zero-order valence-electron chi connectivity index (χ0n) is 14.2. The summed E-state index contributed by atoms with van der Waals surface area (Å²) >= 11 is 0. The van der Waals surface area contributed by atoms with Crippen LogP contribution in [0.4, 0.5) is 0 Å². The van der Waals surface area contributed by atoms with E-state index in [2.05, 4.69) is 31.2 Å². The fourth-order valence-corrected chi connectivity index (χ4v) is 2.87. The number of aryl methyl sites for hydroxylation is 1. The number of carbonyl (C=O) groups excluding carboxylic acids is 1. The molecule has 0 fully saturated rings. The molecule has 0 aliphatic rings. The number of hydrogen-bond acceptors (Lipinski definition) is 2. The molecule has 0 aliphatic carbocycles. The molecule has 0 aliphatic heterocycles. The maximum atomic E-state index is 10.7. The van der Waals surface area contributed by atoms with Crippen LogP contribution in [0.2, 0.25) is 0 Å². The minimum atomic E-state index is 0.378. The van der Waals surface area contributed by atoms with Gasteiger partial charge in [0.05, 0.1) is 0 Å². The van der Waals surface area contributed by atoms with Crippen molar-refractivity contribution in [3.8, 4) is 11.3 Å². The van der Waals surface area contributed by atoms with Crippen LogP contribution in [0.15, 0.2) is 40.8 Å². The van der Waals surface area contributed by atoms with Gasteiger partial charge in [0.1, 0.15) is 5.76 Å². The summed E-state index contributed by atoms with van der Waals surface area (Å²) in [5, 5.41) is 0. The summed E-state index contributed by atoms with van der Waals surface area (Å²) in [5.41, 5.74) is 2.40. The summed E-state index contributed by atoms with van der Waals surface area (Å²) in [4.78, 5) is 10.7. The van der Waals surface area contributed by atoms with Gasteiger partial charge in [-0.2, -0.15) is 0 Å². The molecule has 0 spiro atoms. The third-order valence-electron chi connectivity index (χ3n) is 4.30. The molecular formula is C21H28O2. The van der Waals surface area contributed by atoms with E-state index in [1.807, 2.05) is 6.07 Å². The Morgan fingerprint density at radius 1 is 0.826 bits per heavy atom. The minimum Gasteiger partial charge on any atom is -0.453 e. The SMILES string of the molecule is CCCCCCCCCCc1ccc(-c2ccc(C=O)o2)cc1. The summed E-state index contributed by atoms with van der Waals surface area (Å²) in [6.07, 6.45) is 12.7. The first kappa shape index (κ1) is 17.5. The van der Waals surface area contributed by atoms with Crippen LogP contribution in [0.5, 0.6) is 0 Å². The zero-order valence-corrected chi connectivity index (χ0v) is 14.2. The Balaban J connectivity index is 1.68. The second kappa shape index (κ2) is 10.0. The van der Waals surface area contributed by atoms with Crippen molar-refractivity contribution in [3.63, 3.8) is 0 Å². The van der Waals surface area contributed by atoms with Gasteiger partial charge in [-0.25, -0.2) is 0 Å². The third kappa shape index (κ3) is 6.05. The van der Waals surface area contributed by atoms with Crippen LogP contribution in [0.25, 0.3) is 11.3 Å². The second-order valence-corrected chi connectivity index (χ2v) is 6.24. The Bertz CT molecular complexity index is 566. The lowest BCUT2D eigenvalue weighted by Gasteiger charge is -2.04. The van der Waals surface area contributed by atoms with Crippen LogP contribution in [-0.2, 0) is 6.42 Å². The predicted octanol–water partition coefficient (Wildman–Crippen LogP) is 6.44. The van der Waals surface area contributed by atoms with Crippen molar-refractivity contribution >= 4 is 6.29 Å². The fourth-order valence-electron chi connectivity index (χ4n) is 2.87. The highest BCUT2D eigenvalue weighted by atomic mass is 16.3. The van der Waals surface area contributed by atoms with Crippen LogP contribution >= 0.6 is 0 Å². The Morgan fingerprint density at radius 3 is 2.09 bits per heavy atom. The number of hydrogen-bond donors (Lipinski definition) is 0. The van der Waals surface area contributed by atoms with Gasteiger partial charge in [-0.15, -0.1) is 0 Å². The molecule has 2 heteroatoms. The van der Waals surface area contributed by atoms with E-state index in [1.54, 1.807) is 6.07 Å². The predicted molar refractivity (Wildman–Crippen MR) is 95.8 cm³/mol. The van der Waals surface area contributed by atoms with Crippen molar-refractivity contribution in [2.45, 2.75) is 64.7 Å². The van der Waals surface area contributed by atoms with E-state index in [0.717, 1.165) is 24.0 Å². The van der Waals surface area contributed by atoms with Crippen LogP contribution < -0.4 is 0 Å². The summed E-state index contributed by atoms with van der Waals surface area (Å²) in [5.74, 6) is 1.13. The van der Waals surface area contributed by atoms with Crippen LogP contribution in [0.1, 0.15) is 74.4 Å². The summed E-state index contributed by atoms with van der Waals surface area (Å²) in [7, 11) is 0. The number of aldehydes is 1. The molecule has 0 saturated heterocycles. The van der Waals surface area contributed by atoms with Gasteiger partial charge in [-0.1, -0.05) is 76.1 Å². The first-order valence-corrected chi connectivity index (χ1v) is 8.98. The molecule has 2 aromatic rings. The lowest BCUT2D eigenvalue weighted by atomic mass is 10.0. The topological polar surface area (TPSA) is 30.2 Å². The largest absolute Gasteiger partial charge is 0.453 e. The molecule has 1 aromatic heterocycles. The van der Waals surface area contributed by atoms with Crippen LogP contribution in [-0.4, -0.2) is 6.29 Å². The molecule has 1 heterocycles. The van der Waals surface area contributed by atoms with Crippen molar-refractivity contribution in [2.75, 3.05) is 0 Å². The summed E-state index contributed by atoms with van der Waals surface area (Å²) in [6.45, 7) is 2.26. The maximum Gasteiger partial charge on any atom is 0.185 e. The van der Waals surface area contributed by atoms with Crippen molar-refractivity contribution < 1.29 is 9.21 Å². The van der Waals surface area contributed by atoms with E-state index < -0.39 is 0 Å². The van der Waals surface area contributed by atoms with Gasteiger partial charge in [0, 0.05) is 5.56 Å². The van der Waals surface area contributed by atoms with Gasteiger partial charge in [0.15, 0.2) is 12.0 Å². The second-order valence-electron chi connectivity index (χ2n) is 6.24. The van der Waals surface area contributed by atoms with Crippen molar-refractivity contribution in [3.05, 3.63) is 47.7 Å². The Hall–Kier alpha value is -1.83. The summed E-state index contributed by atoms with van der Waals surface area (Å²) in [6, 6.07) is 12.0.